The molecule has 1 radical (unpaired) electrons. The van der Waals surface area contributed by atoms with Crippen molar-refractivity contribution in [3.63, 3.8) is 0 Å². The zero-order chi connectivity index (χ0) is 42.8. The molecular weight excluding hydrogens is 817 g/mol. The van der Waals surface area contributed by atoms with Crippen molar-refractivity contribution in [1.29, 1.82) is 0 Å². The van der Waals surface area contributed by atoms with E-state index in [4.69, 9.17) is 22.3 Å². The second-order valence-corrected chi connectivity index (χ2v) is 14.3. The molecule has 0 saturated carbocycles. The van der Waals surface area contributed by atoms with Crippen LogP contribution in [0.2, 0.25) is 5.32 Å². The molecular formula is C33H54N13O10Se. The van der Waals surface area contributed by atoms with E-state index in [-0.39, 0.29) is 50.1 Å². The van der Waals surface area contributed by atoms with E-state index in [2.05, 4.69) is 62.9 Å². The number of aliphatic hydroxyl groups excluding tert-OH is 1. The SMILES string of the molecule is CC(C)[C@H](NC(=O)[C@H](CCCN=C(N)N)NC(=O)[C@H](C)NC(=O)[C@@H](N)CO)C(=O)N[C@@H](C[Se])C(=O)N[C@@H](Cc1cnc[nH]1)C(=O)NCC(=O)N1CCC[C@H]1C(=O)O. The molecule has 0 unspecified atom stereocenters. The van der Waals surface area contributed by atoms with Gasteiger partial charge in [-0.2, -0.15) is 0 Å². The fourth-order valence-electron chi connectivity index (χ4n) is 5.58. The molecule has 2 heterocycles. The number of carbonyl (C=O) groups excluding carboxylic acids is 7. The van der Waals surface area contributed by atoms with Crippen molar-refractivity contribution in [2.75, 3.05) is 26.2 Å². The average molecular weight is 872 g/mol. The molecule has 1 aliphatic rings. The van der Waals surface area contributed by atoms with Crippen molar-refractivity contribution < 1.29 is 48.6 Å². The Labute approximate surface area is 337 Å². The Morgan fingerprint density at radius 1 is 0.930 bits per heavy atom. The molecule has 1 saturated heterocycles. The number of carbonyl (C=O) groups is 8. The van der Waals surface area contributed by atoms with Crippen LogP contribution < -0.4 is 49.1 Å². The molecule has 7 atom stereocenters. The van der Waals surface area contributed by atoms with Gasteiger partial charge in [-0.3, -0.25) is 4.79 Å². The number of guanidine groups is 1. The van der Waals surface area contributed by atoms with Crippen LogP contribution in [0.25, 0.3) is 0 Å². The first-order valence-corrected chi connectivity index (χ1v) is 19.4. The molecule has 2 rings (SSSR count). The number of hydrogen-bond acceptors (Lipinski definition) is 12. The number of carboxylic acid groups (broad SMARTS) is 1. The number of nitrogens with two attached hydrogens (primary N) is 3. The second-order valence-electron chi connectivity index (χ2n) is 13.6. The summed E-state index contributed by atoms with van der Waals surface area (Å²) in [5.74, 6) is -7.12. The Kier molecular flexibility index (Phi) is 19.9. The summed E-state index contributed by atoms with van der Waals surface area (Å²) < 4.78 is 0. The third kappa shape index (κ3) is 15.6. The molecule has 0 aromatic carbocycles. The van der Waals surface area contributed by atoms with E-state index < -0.39 is 109 Å². The van der Waals surface area contributed by atoms with Crippen molar-refractivity contribution >= 4 is 69.3 Å². The summed E-state index contributed by atoms with van der Waals surface area (Å²) in [5, 5.41) is 33.6. The van der Waals surface area contributed by atoms with E-state index in [9.17, 15) is 43.5 Å². The number of aliphatic imine (C=N–C) groups is 1. The van der Waals surface area contributed by atoms with E-state index in [0.29, 0.717) is 12.1 Å². The molecule has 23 nitrogen and oxygen atoms in total. The summed E-state index contributed by atoms with van der Waals surface area (Å²) in [6.45, 7) is 3.77. The van der Waals surface area contributed by atoms with Gasteiger partial charge in [0.15, 0.2) is 5.96 Å². The topological polar surface area (TPSA) is 372 Å². The Bertz CT molecular complexity index is 1590. The Morgan fingerprint density at radius 2 is 1.58 bits per heavy atom. The fourth-order valence-corrected chi connectivity index (χ4v) is 6.07. The minimum atomic E-state index is -1.28. The predicted molar refractivity (Wildman–Crippen MR) is 203 cm³/mol. The first-order valence-electron chi connectivity index (χ1n) is 18.2. The van der Waals surface area contributed by atoms with Gasteiger partial charge in [-0.15, -0.1) is 0 Å². The number of likely N-dealkylation sites (tertiary alicyclic amines) is 1. The van der Waals surface area contributed by atoms with E-state index in [1.54, 1.807) is 13.8 Å². The van der Waals surface area contributed by atoms with Gasteiger partial charge in [0.05, 0.1) is 6.61 Å². The maximum absolute atomic E-state index is 13.6. The van der Waals surface area contributed by atoms with E-state index >= 15 is 0 Å². The van der Waals surface area contributed by atoms with Gasteiger partial charge in [0.2, 0.25) is 5.91 Å². The van der Waals surface area contributed by atoms with Gasteiger partial charge in [-0.1, -0.05) is 0 Å². The molecule has 0 aliphatic carbocycles. The number of aliphatic hydroxyl groups is 1. The number of imidazole rings is 1. The summed E-state index contributed by atoms with van der Waals surface area (Å²) in [5.41, 5.74) is 16.7. The first-order chi connectivity index (χ1) is 26.9. The number of nitrogens with one attached hydrogen (secondary N) is 7. The van der Waals surface area contributed by atoms with Gasteiger partial charge in [-0.05, 0) is 0 Å². The van der Waals surface area contributed by atoms with Gasteiger partial charge in [-0.25, -0.2) is 4.79 Å². The summed E-state index contributed by atoms with van der Waals surface area (Å²) in [4.78, 5) is 115. The van der Waals surface area contributed by atoms with Gasteiger partial charge in [0.1, 0.15) is 6.04 Å². The van der Waals surface area contributed by atoms with E-state index in [1.165, 1.54) is 24.3 Å². The molecule has 15 N–H and O–H groups in total. The normalized spacial score (nSPS) is 16.8. The van der Waals surface area contributed by atoms with Crippen LogP contribution in [-0.2, 0) is 44.8 Å². The first kappa shape index (κ1) is 47.8. The van der Waals surface area contributed by atoms with Crippen LogP contribution in [0.4, 0.5) is 0 Å². The molecule has 7 amide bonds. The monoisotopic (exact) mass is 872 g/mol. The predicted octanol–water partition coefficient (Wildman–Crippen LogP) is -5.80. The average Bonchev–Trinajstić information content (AvgIpc) is 3.88. The third-order valence-corrected chi connectivity index (χ3v) is 9.49. The van der Waals surface area contributed by atoms with Crippen LogP contribution in [0, 0.1) is 5.92 Å². The quantitative estimate of drug-likeness (QED) is 0.0211. The van der Waals surface area contributed by atoms with Gasteiger partial charge >= 0.3 is 276 Å². The van der Waals surface area contributed by atoms with Gasteiger partial charge in [0, 0.05) is 0 Å². The summed E-state index contributed by atoms with van der Waals surface area (Å²) in [7, 11) is 0. The number of carboxylic acids is 1. The zero-order valence-corrected chi connectivity index (χ0v) is 33.7. The summed E-state index contributed by atoms with van der Waals surface area (Å²) in [6, 6.07) is -8.42. The molecule has 57 heavy (non-hydrogen) atoms. The molecule has 1 aliphatic heterocycles. The van der Waals surface area contributed by atoms with E-state index in [0.717, 1.165) is 0 Å². The van der Waals surface area contributed by atoms with Gasteiger partial charge in [0.25, 0.3) is 0 Å². The number of rotatable bonds is 23. The Morgan fingerprint density at radius 3 is 2.16 bits per heavy atom. The smallest absolute Gasteiger partial charge is 0.480 e. The van der Waals surface area contributed by atoms with Crippen molar-refractivity contribution in [1.82, 2.24) is 46.8 Å². The van der Waals surface area contributed by atoms with Crippen molar-refractivity contribution in [3.05, 3.63) is 18.2 Å². The molecule has 0 spiro atoms. The standard InChI is InChI=1S/C33H54N13O10Se/c1-16(2)25(45-29(52)20(6-4-8-38-33(35)36)42-26(49)17(3)41-27(50)19(34)13-47)31(54)44-22(14-57)30(53)43-21(10-18-11-37-15-40-18)28(51)39-12-24(48)46-9-5-7-23(46)32(55)56/h11,15-17,19-23,25,47H,4-10,12-14,34H2,1-3H3,(H,37,40)(H,39,51)(H,41,50)(H,42,49)(H,43,53)(H,44,54)(H,45,52)(H,55,56)(H4,35,36,38)/t17-,19-,20-,21-,22-,23-,25-/m0/s1. The van der Waals surface area contributed by atoms with Crippen LogP contribution in [0.15, 0.2) is 17.5 Å². The number of aliphatic carboxylic acids is 1. The Balaban J connectivity index is 2.17. The molecule has 0 bridgehead atoms. The van der Waals surface area contributed by atoms with Crippen LogP contribution in [0.3, 0.4) is 0 Å². The van der Waals surface area contributed by atoms with Crippen molar-refractivity contribution in [3.8, 4) is 0 Å². The Hall–Kier alpha value is -5.32. The van der Waals surface area contributed by atoms with Gasteiger partial charge < -0.3 is 27.4 Å². The molecule has 317 valence electrons. The number of amides is 7. The van der Waals surface area contributed by atoms with Crippen LogP contribution in [0.5, 0.6) is 0 Å². The molecule has 1 aromatic heterocycles. The third-order valence-electron chi connectivity index (χ3n) is 8.79. The zero-order valence-electron chi connectivity index (χ0n) is 32.0. The number of H-pyrrole nitrogens is 1. The molecule has 24 heteroatoms. The maximum atomic E-state index is 13.6. The minimum Gasteiger partial charge on any atom is -0.480 e. The number of aromatic amines is 1. The fraction of sp³-hybridized carbons (Fsp3) is 0.636. The van der Waals surface area contributed by atoms with Crippen molar-refractivity contribution in [2.24, 2.45) is 28.1 Å². The number of hydrogen-bond donors (Lipinski definition) is 12. The van der Waals surface area contributed by atoms with Crippen LogP contribution in [0.1, 0.15) is 52.1 Å². The number of aromatic nitrogens is 2. The molecule has 1 aromatic rings. The van der Waals surface area contributed by atoms with Crippen molar-refractivity contribution in [2.45, 2.75) is 100 Å². The number of nitrogens with zero attached hydrogens (tertiary/aromatic N) is 3. The molecule has 1 fully saturated rings. The summed E-state index contributed by atoms with van der Waals surface area (Å²) >= 11 is 2.68. The van der Waals surface area contributed by atoms with E-state index in [1.807, 2.05) is 0 Å². The van der Waals surface area contributed by atoms with Crippen LogP contribution in [-0.4, -0.2) is 163 Å². The minimum absolute atomic E-state index is 0.0100. The van der Waals surface area contributed by atoms with Crippen LogP contribution >= 0.6 is 0 Å². The second kappa shape index (κ2) is 23.7. The summed E-state index contributed by atoms with van der Waals surface area (Å²) in [6.07, 6.45) is 3.74.